The van der Waals surface area contributed by atoms with Crippen molar-refractivity contribution in [2.24, 2.45) is 0 Å². The Bertz CT molecular complexity index is 743. The lowest BCUT2D eigenvalue weighted by atomic mass is 10.1. The SMILES string of the molecule is CC1Oc2ccccc2N(Cc2cccc(C(F)(F)F)c2)C1=O. The van der Waals surface area contributed by atoms with E-state index in [-0.39, 0.29) is 12.5 Å². The van der Waals surface area contributed by atoms with Crippen LogP contribution in [0, 0.1) is 0 Å². The summed E-state index contributed by atoms with van der Waals surface area (Å²) >= 11 is 0. The zero-order valence-electron chi connectivity index (χ0n) is 12.3. The van der Waals surface area contributed by atoms with Crippen molar-refractivity contribution in [3.63, 3.8) is 0 Å². The van der Waals surface area contributed by atoms with Crippen molar-refractivity contribution in [2.45, 2.75) is 25.7 Å². The second kappa shape index (κ2) is 5.61. The van der Waals surface area contributed by atoms with Crippen molar-refractivity contribution < 1.29 is 22.7 Å². The second-order valence-electron chi connectivity index (χ2n) is 5.35. The summed E-state index contributed by atoms with van der Waals surface area (Å²) in [5.74, 6) is 0.271. The van der Waals surface area contributed by atoms with Crippen LogP contribution in [0.1, 0.15) is 18.1 Å². The lowest BCUT2D eigenvalue weighted by Crippen LogP contribution is -2.43. The van der Waals surface area contributed by atoms with E-state index in [1.54, 1.807) is 37.3 Å². The fourth-order valence-electron chi connectivity index (χ4n) is 2.55. The Kier molecular flexibility index (Phi) is 3.75. The summed E-state index contributed by atoms with van der Waals surface area (Å²) in [5.41, 5.74) is 0.252. The molecule has 1 aliphatic rings. The van der Waals surface area contributed by atoms with Gasteiger partial charge in [0, 0.05) is 0 Å². The number of hydrogen-bond acceptors (Lipinski definition) is 2. The molecule has 0 saturated heterocycles. The molecule has 1 amide bonds. The maximum Gasteiger partial charge on any atom is 0.416 e. The molecule has 0 saturated carbocycles. The number of benzene rings is 2. The quantitative estimate of drug-likeness (QED) is 0.836. The van der Waals surface area contributed by atoms with E-state index in [0.29, 0.717) is 17.0 Å². The fraction of sp³-hybridized carbons (Fsp3) is 0.235. The summed E-state index contributed by atoms with van der Waals surface area (Å²) < 4.78 is 44.0. The van der Waals surface area contributed by atoms with Gasteiger partial charge in [0.15, 0.2) is 6.10 Å². The Morgan fingerprint density at radius 1 is 1.13 bits per heavy atom. The van der Waals surface area contributed by atoms with Crippen molar-refractivity contribution in [1.82, 2.24) is 0 Å². The van der Waals surface area contributed by atoms with Crippen LogP contribution in [0.5, 0.6) is 5.75 Å². The standard InChI is InChI=1S/C17H14F3NO2/c1-11-16(22)21(14-7-2-3-8-15(14)23-11)10-12-5-4-6-13(9-12)17(18,19)20/h2-9,11H,10H2,1H3. The molecule has 2 aromatic carbocycles. The van der Waals surface area contributed by atoms with E-state index in [2.05, 4.69) is 0 Å². The predicted molar refractivity (Wildman–Crippen MR) is 79.2 cm³/mol. The summed E-state index contributed by atoms with van der Waals surface area (Å²) in [5, 5.41) is 0. The molecule has 120 valence electrons. The molecule has 0 radical (unpaired) electrons. The van der Waals surface area contributed by atoms with Gasteiger partial charge in [0.05, 0.1) is 17.8 Å². The van der Waals surface area contributed by atoms with Crippen LogP contribution in [0.15, 0.2) is 48.5 Å². The third-order valence-corrected chi connectivity index (χ3v) is 3.67. The van der Waals surface area contributed by atoms with Gasteiger partial charge >= 0.3 is 6.18 Å². The number of halogens is 3. The zero-order chi connectivity index (χ0) is 16.6. The van der Waals surface area contributed by atoms with Crippen LogP contribution >= 0.6 is 0 Å². The maximum atomic E-state index is 12.8. The number of alkyl halides is 3. The van der Waals surface area contributed by atoms with Gasteiger partial charge in [0.2, 0.25) is 0 Å². The summed E-state index contributed by atoms with van der Waals surface area (Å²) in [4.78, 5) is 13.8. The third kappa shape index (κ3) is 3.02. The molecule has 0 aliphatic carbocycles. The molecule has 0 bridgehead atoms. The summed E-state index contributed by atoms with van der Waals surface area (Å²) in [6.45, 7) is 1.69. The highest BCUT2D eigenvalue weighted by molar-refractivity contribution is 5.99. The van der Waals surface area contributed by atoms with Gasteiger partial charge in [0.25, 0.3) is 5.91 Å². The first-order valence-electron chi connectivity index (χ1n) is 7.09. The minimum Gasteiger partial charge on any atom is -0.479 e. The van der Waals surface area contributed by atoms with Crippen LogP contribution in [-0.2, 0) is 17.5 Å². The van der Waals surface area contributed by atoms with Crippen molar-refractivity contribution in [3.8, 4) is 5.75 Å². The second-order valence-corrected chi connectivity index (χ2v) is 5.35. The summed E-state index contributed by atoms with van der Waals surface area (Å²) in [6.07, 6.45) is -5.08. The average Bonchev–Trinajstić information content (AvgIpc) is 2.51. The predicted octanol–water partition coefficient (Wildman–Crippen LogP) is 4.02. The number of nitrogens with zero attached hydrogens (tertiary/aromatic N) is 1. The molecular formula is C17H14F3NO2. The molecule has 1 heterocycles. The van der Waals surface area contributed by atoms with E-state index in [4.69, 9.17) is 4.74 Å². The smallest absolute Gasteiger partial charge is 0.416 e. The van der Waals surface area contributed by atoms with Crippen molar-refractivity contribution in [1.29, 1.82) is 0 Å². The van der Waals surface area contributed by atoms with Gasteiger partial charge in [-0.3, -0.25) is 4.79 Å². The molecule has 1 aliphatic heterocycles. The highest BCUT2D eigenvalue weighted by atomic mass is 19.4. The Balaban J connectivity index is 1.95. The molecule has 6 heteroatoms. The van der Waals surface area contributed by atoms with Gasteiger partial charge in [-0.1, -0.05) is 24.3 Å². The van der Waals surface area contributed by atoms with Crippen molar-refractivity contribution >= 4 is 11.6 Å². The first kappa shape index (κ1) is 15.4. The van der Waals surface area contributed by atoms with Gasteiger partial charge < -0.3 is 9.64 Å². The van der Waals surface area contributed by atoms with Crippen LogP contribution in [0.4, 0.5) is 18.9 Å². The van der Waals surface area contributed by atoms with Gasteiger partial charge in [-0.2, -0.15) is 13.2 Å². The number of carbonyl (C=O) groups excluding carboxylic acids is 1. The molecule has 3 nitrogen and oxygen atoms in total. The zero-order valence-corrected chi connectivity index (χ0v) is 12.3. The highest BCUT2D eigenvalue weighted by Crippen LogP contribution is 2.35. The third-order valence-electron chi connectivity index (χ3n) is 3.67. The lowest BCUT2D eigenvalue weighted by Gasteiger charge is -2.33. The van der Waals surface area contributed by atoms with Gasteiger partial charge in [0.1, 0.15) is 5.75 Å². The van der Waals surface area contributed by atoms with E-state index < -0.39 is 17.8 Å². The highest BCUT2D eigenvalue weighted by Gasteiger charge is 2.33. The number of hydrogen-bond donors (Lipinski definition) is 0. The number of ether oxygens (including phenoxy) is 1. The number of anilines is 1. The van der Waals surface area contributed by atoms with Crippen LogP contribution in [-0.4, -0.2) is 12.0 Å². The van der Waals surface area contributed by atoms with E-state index in [1.165, 1.54) is 11.0 Å². The fourth-order valence-corrected chi connectivity index (χ4v) is 2.55. The van der Waals surface area contributed by atoms with E-state index >= 15 is 0 Å². The van der Waals surface area contributed by atoms with Gasteiger partial charge in [-0.25, -0.2) is 0 Å². The van der Waals surface area contributed by atoms with Crippen molar-refractivity contribution in [2.75, 3.05) is 4.90 Å². The Hall–Kier alpha value is -2.50. The summed E-state index contributed by atoms with van der Waals surface area (Å²) in [7, 11) is 0. The summed E-state index contributed by atoms with van der Waals surface area (Å²) in [6, 6.07) is 12.0. The molecule has 2 aromatic rings. The monoisotopic (exact) mass is 321 g/mol. The average molecular weight is 321 g/mol. The minimum atomic E-state index is -4.41. The molecule has 0 N–H and O–H groups in total. The first-order chi connectivity index (χ1) is 10.9. The molecule has 1 atom stereocenters. The van der Waals surface area contributed by atoms with E-state index in [1.807, 2.05) is 0 Å². The normalized spacial score (nSPS) is 17.7. The number of para-hydroxylation sites is 2. The van der Waals surface area contributed by atoms with E-state index in [0.717, 1.165) is 12.1 Å². The lowest BCUT2D eigenvalue weighted by molar-refractivity contribution is -0.137. The Morgan fingerprint density at radius 3 is 2.61 bits per heavy atom. The van der Waals surface area contributed by atoms with E-state index in [9.17, 15) is 18.0 Å². The largest absolute Gasteiger partial charge is 0.479 e. The number of rotatable bonds is 2. The van der Waals surface area contributed by atoms with Crippen LogP contribution in [0.2, 0.25) is 0 Å². The maximum absolute atomic E-state index is 12.8. The number of carbonyl (C=O) groups is 1. The van der Waals surface area contributed by atoms with Gasteiger partial charge in [-0.15, -0.1) is 0 Å². The Morgan fingerprint density at radius 2 is 1.87 bits per heavy atom. The van der Waals surface area contributed by atoms with Crippen LogP contribution < -0.4 is 9.64 Å². The van der Waals surface area contributed by atoms with Gasteiger partial charge in [-0.05, 0) is 36.8 Å². The molecule has 0 spiro atoms. The molecule has 23 heavy (non-hydrogen) atoms. The number of amides is 1. The molecule has 1 unspecified atom stereocenters. The van der Waals surface area contributed by atoms with Crippen LogP contribution in [0.3, 0.4) is 0 Å². The topological polar surface area (TPSA) is 29.5 Å². The molecular weight excluding hydrogens is 307 g/mol. The van der Waals surface area contributed by atoms with Crippen LogP contribution in [0.25, 0.3) is 0 Å². The van der Waals surface area contributed by atoms with Crippen molar-refractivity contribution in [3.05, 3.63) is 59.7 Å². The first-order valence-corrected chi connectivity index (χ1v) is 7.09. The molecule has 3 rings (SSSR count). The Labute approximate surface area is 131 Å². The molecule has 0 fully saturated rings. The molecule has 0 aromatic heterocycles. The number of fused-ring (bicyclic) bond motifs is 1. The minimum absolute atomic E-state index is 0.0630.